The lowest BCUT2D eigenvalue weighted by Crippen LogP contribution is -2.31. The van der Waals surface area contributed by atoms with Crippen LogP contribution in [0.2, 0.25) is 0 Å². The van der Waals surface area contributed by atoms with Crippen molar-refractivity contribution in [1.29, 1.82) is 0 Å². The van der Waals surface area contributed by atoms with Crippen LogP contribution in [0.25, 0.3) is 0 Å². The molecule has 0 aliphatic rings. The Balaban J connectivity index is 3.48. The molecule has 10 heteroatoms. The molecule has 0 atom stereocenters. The van der Waals surface area contributed by atoms with E-state index < -0.39 is 23.6 Å². The summed E-state index contributed by atoms with van der Waals surface area (Å²) in [4.78, 5) is 45.6. The molecule has 2 amide bonds. The number of ether oxygens (including phenoxy) is 4. The van der Waals surface area contributed by atoms with Crippen LogP contribution in [0.4, 0.5) is 9.59 Å². The van der Waals surface area contributed by atoms with E-state index in [4.69, 9.17) is 18.9 Å². The summed E-state index contributed by atoms with van der Waals surface area (Å²) in [6.07, 6.45) is 1.88. The topological polar surface area (TPSA) is 129 Å². The Hall–Kier alpha value is -2.78. The molecule has 0 rings (SSSR count). The third-order valence-electron chi connectivity index (χ3n) is 3.67. The Morgan fingerprint density at radius 2 is 1.16 bits per heavy atom. The number of amides is 2. The fourth-order valence-electron chi connectivity index (χ4n) is 1.92. The van der Waals surface area contributed by atoms with Crippen LogP contribution in [0.15, 0.2) is 12.2 Å². The monoisotopic (exact) mass is 444 g/mol. The molecule has 0 aromatic heterocycles. The molecule has 0 unspecified atom stereocenters. The number of nitrogens with one attached hydrogen (secondary N) is 2. The minimum Gasteiger partial charge on any atom is -0.463 e. The molecule has 0 bridgehead atoms. The second-order valence-electron chi connectivity index (χ2n) is 7.84. The molecule has 2 N–H and O–H groups in total. The third-order valence-corrected chi connectivity index (χ3v) is 3.67. The molecular formula is C21H36N2O8. The first-order valence-corrected chi connectivity index (χ1v) is 10.3. The molecule has 178 valence electrons. The van der Waals surface area contributed by atoms with Crippen molar-refractivity contribution in [3.63, 3.8) is 0 Å². The minimum absolute atomic E-state index is 0.0520. The van der Waals surface area contributed by atoms with Crippen molar-refractivity contribution in [3.8, 4) is 0 Å². The number of alkyl carbamates (subject to hydrolysis) is 2. The highest BCUT2D eigenvalue weighted by Crippen LogP contribution is 2.14. The van der Waals surface area contributed by atoms with Crippen LogP contribution in [0.3, 0.4) is 0 Å². The van der Waals surface area contributed by atoms with Crippen molar-refractivity contribution in [2.45, 2.75) is 53.4 Å². The SMILES string of the molecule is C=C(C)C(=O)OCCNC(=O)OCCCCCCOC(=O)NCCOC(=O)C(C)(C)C. The molecule has 0 fully saturated rings. The quantitative estimate of drug-likeness (QED) is 0.181. The smallest absolute Gasteiger partial charge is 0.407 e. The molecule has 0 aromatic carbocycles. The van der Waals surface area contributed by atoms with E-state index in [1.165, 1.54) is 0 Å². The van der Waals surface area contributed by atoms with Gasteiger partial charge in [0.1, 0.15) is 13.2 Å². The van der Waals surface area contributed by atoms with E-state index in [2.05, 4.69) is 17.2 Å². The molecule has 0 saturated heterocycles. The van der Waals surface area contributed by atoms with E-state index in [1.54, 1.807) is 27.7 Å². The standard InChI is InChI=1S/C21H36N2O8/c1-16(2)17(24)28-14-10-22-19(26)30-12-8-6-7-9-13-31-20(27)23-11-15-29-18(25)21(3,4)5/h1,6-15H2,2-5H3,(H,22,26)(H,23,27). The van der Waals surface area contributed by atoms with Crippen LogP contribution in [-0.2, 0) is 28.5 Å². The Morgan fingerprint density at radius 3 is 1.58 bits per heavy atom. The minimum atomic E-state index is -0.573. The number of unbranched alkanes of at least 4 members (excludes halogenated alkanes) is 3. The molecule has 0 heterocycles. The number of rotatable bonds is 14. The maximum Gasteiger partial charge on any atom is 0.407 e. The van der Waals surface area contributed by atoms with Crippen LogP contribution < -0.4 is 10.6 Å². The van der Waals surface area contributed by atoms with Crippen LogP contribution >= 0.6 is 0 Å². The number of hydrogen-bond donors (Lipinski definition) is 2. The first-order valence-electron chi connectivity index (χ1n) is 10.3. The molecule has 0 spiro atoms. The maximum absolute atomic E-state index is 11.6. The van der Waals surface area contributed by atoms with Crippen molar-refractivity contribution in [2.75, 3.05) is 39.5 Å². The van der Waals surface area contributed by atoms with Gasteiger partial charge in [-0.25, -0.2) is 14.4 Å². The zero-order valence-electron chi connectivity index (χ0n) is 19.0. The zero-order chi connectivity index (χ0) is 23.7. The maximum atomic E-state index is 11.6. The van der Waals surface area contributed by atoms with Crippen LogP contribution in [0.5, 0.6) is 0 Å². The summed E-state index contributed by atoms with van der Waals surface area (Å²) < 4.78 is 19.9. The molecule has 0 aliphatic carbocycles. The Labute approximate surface area is 184 Å². The predicted molar refractivity (Wildman–Crippen MR) is 113 cm³/mol. The van der Waals surface area contributed by atoms with E-state index in [1.807, 2.05) is 0 Å². The molecule has 0 aliphatic heterocycles. The second kappa shape index (κ2) is 16.0. The summed E-state index contributed by atoms with van der Waals surface area (Å²) in [6, 6.07) is 0. The van der Waals surface area contributed by atoms with Gasteiger partial charge in [0.2, 0.25) is 0 Å². The summed E-state index contributed by atoms with van der Waals surface area (Å²) in [7, 11) is 0. The predicted octanol–water partition coefficient (Wildman–Crippen LogP) is 2.71. The highest BCUT2D eigenvalue weighted by molar-refractivity contribution is 5.86. The zero-order valence-corrected chi connectivity index (χ0v) is 19.0. The lowest BCUT2D eigenvalue weighted by Gasteiger charge is -2.16. The van der Waals surface area contributed by atoms with Gasteiger partial charge in [0.15, 0.2) is 0 Å². The highest BCUT2D eigenvalue weighted by Gasteiger charge is 2.22. The fourth-order valence-corrected chi connectivity index (χ4v) is 1.92. The average molecular weight is 445 g/mol. The molecular weight excluding hydrogens is 408 g/mol. The van der Waals surface area contributed by atoms with E-state index in [-0.39, 0.29) is 45.5 Å². The summed E-state index contributed by atoms with van der Waals surface area (Å²) in [6.45, 7) is 11.3. The van der Waals surface area contributed by atoms with Gasteiger partial charge in [-0.15, -0.1) is 0 Å². The summed E-state index contributed by atoms with van der Waals surface area (Å²) in [5, 5.41) is 4.99. The van der Waals surface area contributed by atoms with Crippen LogP contribution in [-0.4, -0.2) is 63.6 Å². The Morgan fingerprint density at radius 1 is 0.710 bits per heavy atom. The summed E-state index contributed by atoms with van der Waals surface area (Å²) in [5.41, 5.74) is -0.274. The van der Waals surface area contributed by atoms with Gasteiger partial charge in [0, 0.05) is 5.57 Å². The number of carbonyl (C=O) groups excluding carboxylic acids is 4. The summed E-state index contributed by atoms with van der Waals surface area (Å²) >= 11 is 0. The fraction of sp³-hybridized carbons (Fsp3) is 0.714. The van der Waals surface area contributed by atoms with Gasteiger partial charge in [-0.3, -0.25) is 4.79 Å². The van der Waals surface area contributed by atoms with Crippen molar-refractivity contribution >= 4 is 24.1 Å². The van der Waals surface area contributed by atoms with Gasteiger partial charge in [-0.1, -0.05) is 6.58 Å². The first-order chi connectivity index (χ1) is 14.5. The molecule has 10 nitrogen and oxygen atoms in total. The van der Waals surface area contributed by atoms with Crippen molar-refractivity contribution in [1.82, 2.24) is 10.6 Å². The molecule has 0 radical (unpaired) electrons. The van der Waals surface area contributed by atoms with E-state index >= 15 is 0 Å². The van der Waals surface area contributed by atoms with Gasteiger partial charge in [-0.05, 0) is 53.4 Å². The van der Waals surface area contributed by atoms with Gasteiger partial charge < -0.3 is 29.6 Å². The van der Waals surface area contributed by atoms with Crippen molar-refractivity contribution < 1.29 is 38.1 Å². The van der Waals surface area contributed by atoms with Gasteiger partial charge >= 0.3 is 24.1 Å². The third kappa shape index (κ3) is 16.7. The molecule has 0 saturated carbocycles. The van der Waals surface area contributed by atoms with E-state index in [0.717, 1.165) is 12.8 Å². The molecule has 31 heavy (non-hydrogen) atoms. The largest absolute Gasteiger partial charge is 0.463 e. The average Bonchev–Trinajstić information content (AvgIpc) is 2.69. The normalized spacial score (nSPS) is 10.6. The van der Waals surface area contributed by atoms with E-state index in [0.29, 0.717) is 18.4 Å². The number of esters is 2. The summed E-state index contributed by atoms with van der Waals surface area (Å²) in [5.74, 6) is -0.827. The molecule has 0 aromatic rings. The Bertz CT molecular complexity index is 599. The second-order valence-corrected chi connectivity index (χ2v) is 7.84. The lowest BCUT2D eigenvalue weighted by atomic mass is 9.97. The number of carbonyl (C=O) groups is 4. The number of hydrogen-bond acceptors (Lipinski definition) is 8. The first kappa shape index (κ1) is 28.2. The van der Waals surface area contributed by atoms with E-state index in [9.17, 15) is 19.2 Å². The Kier molecular flexibility index (Phi) is 14.5. The highest BCUT2D eigenvalue weighted by atomic mass is 16.6. The van der Waals surface area contributed by atoms with Crippen molar-refractivity contribution in [2.24, 2.45) is 5.41 Å². The van der Waals surface area contributed by atoms with Crippen molar-refractivity contribution in [3.05, 3.63) is 12.2 Å². The van der Waals surface area contributed by atoms with Crippen LogP contribution in [0, 0.1) is 5.41 Å². The van der Waals surface area contributed by atoms with Gasteiger partial charge in [-0.2, -0.15) is 0 Å². The lowest BCUT2D eigenvalue weighted by molar-refractivity contribution is -0.152. The van der Waals surface area contributed by atoms with Crippen LogP contribution in [0.1, 0.15) is 53.4 Å². The van der Waals surface area contributed by atoms with Gasteiger partial charge in [0.25, 0.3) is 0 Å². The van der Waals surface area contributed by atoms with Gasteiger partial charge in [0.05, 0.1) is 31.7 Å².